The first-order valence-corrected chi connectivity index (χ1v) is 6.64. The van der Waals surface area contributed by atoms with Crippen LogP contribution in [-0.4, -0.2) is 12.0 Å². The minimum Gasteiger partial charge on any atom is -0.453 e. The molecule has 2 rings (SSSR count). The highest BCUT2D eigenvalue weighted by molar-refractivity contribution is 7.11. The maximum absolute atomic E-state index is 5.99. The first-order chi connectivity index (χ1) is 8.11. The Bertz CT molecular complexity index is 487. The predicted molar refractivity (Wildman–Crippen MR) is 70.8 cm³/mol. The van der Waals surface area contributed by atoms with Crippen molar-refractivity contribution in [3.05, 3.63) is 38.7 Å². The van der Waals surface area contributed by atoms with E-state index in [0.717, 1.165) is 22.7 Å². The van der Waals surface area contributed by atoms with E-state index in [1.807, 2.05) is 20.0 Å². The molecule has 5 heteroatoms. The molecular weight excluding hydrogens is 256 g/mol. The van der Waals surface area contributed by atoms with Crippen LogP contribution in [0, 0.1) is 13.8 Å². The molecule has 1 N–H and O–H groups in total. The standard InChI is InChI=1S/C12H15ClN2OS/c1-7-8(2)17-11(15-7)6-10(14-3)9-4-5-16-12(9)13/h4-5,10,14H,6H2,1-3H3. The lowest BCUT2D eigenvalue weighted by atomic mass is 10.1. The molecule has 0 radical (unpaired) electrons. The molecule has 3 nitrogen and oxygen atoms in total. The quantitative estimate of drug-likeness (QED) is 0.924. The van der Waals surface area contributed by atoms with Crippen LogP contribution >= 0.6 is 22.9 Å². The van der Waals surface area contributed by atoms with E-state index in [2.05, 4.69) is 17.2 Å². The largest absolute Gasteiger partial charge is 0.453 e. The van der Waals surface area contributed by atoms with Gasteiger partial charge in [-0.25, -0.2) is 4.98 Å². The van der Waals surface area contributed by atoms with E-state index in [1.165, 1.54) is 4.88 Å². The van der Waals surface area contributed by atoms with E-state index in [0.29, 0.717) is 5.22 Å². The Balaban J connectivity index is 2.18. The molecule has 0 aliphatic heterocycles. The van der Waals surface area contributed by atoms with Crippen molar-refractivity contribution in [3.8, 4) is 0 Å². The maximum atomic E-state index is 5.99. The molecule has 0 aromatic carbocycles. The van der Waals surface area contributed by atoms with Gasteiger partial charge in [0.2, 0.25) is 0 Å². The van der Waals surface area contributed by atoms with Crippen LogP contribution in [0.5, 0.6) is 0 Å². The van der Waals surface area contributed by atoms with Gasteiger partial charge >= 0.3 is 0 Å². The average Bonchev–Trinajstić information content (AvgIpc) is 2.83. The Morgan fingerprint density at radius 3 is 2.76 bits per heavy atom. The fourth-order valence-corrected chi connectivity index (χ4v) is 2.95. The molecule has 17 heavy (non-hydrogen) atoms. The van der Waals surface area contributed by atoms with E-state index < -0.39 is 0 Å². The van der Waals surface area contributed by atoms with Crippen LogP contribution in [0.25, 0.3) is 0 Å². The highest BCUT2D eigenvalue weighted by Gasteiger charge is 2.17. The number of nitrogens with zero attached hydrogens (tertiary/aromatic N) is 1. The Labute approximate surface area is 110 Å². The lowest BCUT2D eigenvalue weighted by Gasteiger charge is -2.13. The molecular formula is C12H15ClN2OS. The monoisotopic (exact) mass is 270 g/mol. The van der Waals surface area contributed by atoms with Gasteiger partial charge in [-0.3, -0.25) is 0 Å². The number of furan rings is 1. The normalized spacial score (nSPS) is 12.9. The Kier molecular flexibility index (Phi) is 3.86. The minimum atomic E-state index is 0.145. The molecule has 0 amide bonds. The van der Waals surface area contributed by atoms with Crippen molar-refractivity contribution in [3.63, 3.8) is 0 Å². The second-order valence-electron chi connectivity index (χ2n) is 3.94. The van der Waals surface area contributed by atoms with Gasteiger partial charge in [0.15, 0.2) is 5.22 Å². The number of nitrogens with one attached hydrogen (secondary N) is 1. The molecule has 92 valence electrons. The van der Waals surface area contributed by atoms with Gasteiger partial charge in [0, 0.05) is 22.9 Å². The molecule has 0 spiro atoms. The number of thiazole rings is 1. The smallest absolute Gasteiger partial charge is 0.197 e. The Morgan fingerprint density at radius 1 is 1.53 bits per heavy atom. The van der Waals surface area contributed by atoms with E-state index in [1.54, 1.807) is 17.6 Å². The van der Waals surface area contributed by atoms with Crippen molar-refractivity contribution in [1.82, 2.24) is 10.3 Å². The predicted octanol–water partition coefficient (Wildman–Crippen LogP) is 3.51. The van der Waals surface area contributed by atoms with E-state index in [4.69, 9.17) is 16.0 Å². The summed E-state index contributed by atoms with van der Waals surface area (Å²) in [6.45, 7) is 4.13. The van der Waals surface area contributed by atoms with Crippen LogP contribution in [0.15, 0.2) is 16.7 Å². The zero-order valence-corrected chi connectivity index (χ0v) is 11.7. The van der Waals surface area contributed by atoms with Gasteiger partial charge in [-0.2, -0.15) is 0 Å². The van der Waals surface area contributed by atoms with Crippen molar-refractivity contribution in [1.29, 1.82) is 0 Å². The second kappa shape index (κ2) is 5.21. The van der Waals surface area contributed by atoms with Crippen LogP contribution in [-0.2, 0) is 6.42 Å². The molecule has 1 atom stereocenters. The van der Waals surface area contributed by atoms with Gasteiger partial charge < -0.3 is 9.73 Å². The van der Waals surface area contributed by atoms with Crippen molar-refractivity contribution >= 4 is 22.9 Å². The molecule has 0 saturated heterocycles. The third-order valence-corrected chi connectivity index (χ3v) is 4.22. The summed E-state index contributed by atoms with van der Waals surface area (Å²) in [6, 6.07) is 2.04. The van der Waals surface area contributed by atoms with Crippen LogP contribution < -0.4 is 5.32 Å². The van der Waals surface area contributed by atoms with Gasteiger partial charge in [0.05, 0.1) is 17.0 Å². The van der Waals surface area contributed by atoms with Gasteiger partial charge in [0.25, 0.3) is 0 Å². The number of hydrogen-bond acceptors (Lipinski definition) is 4. The SMILES string of the molecule is CNC(Cc1nc(C)c(C)s1)c1ccoc1Cl. The van der Waals surface area contributed by atoms with E-state index in [9.17, 15) is 0 Å². The van der Waals surface area contributed by atoms with Gasteiger partial charge in [-0.05, 0) is 38.6 Å². The van der Waals surface area contributed by atoms with Crippen LogP contribution in [0.3, 0.4) is 0 Å². The third-order valence-electron chi connectivity index (χ3n) is 2.82. The summed E-state index contributed by atoms with van der Waals surface area (Å²) in [5.41, 5.74) is 2.10. The topological polar surface area (TPSA) is 38.1 Å². The van der Waals surface area contributed by atoms with Crippen LogP contribution in [0.1, 0.15) is 27.2 Å². The van der Waals surface area contributed by atoms with Crippen molar-refractivity contribution in [2.75, 3.05) is 7.05 Å². The molecule has 2 aromatic heterocycles. The average molecular weight is 271 g/mol. The van der Waals surface area contributed by atoms with Gasteiger partial charge in [-0.1, -0.05) is 0 Å². The lowest BCUT2D eigenvalue weighted by Crippen LogP contribution is -2.18. The highest BCUT2D eigenvalue weighted by Crippen LogP contribution is 2.28. The molecule has 0 aliphatic rings. The first-order valence-electron chi connectivity index (χ1n) is 5.45. The Morgan fingerprint density at radius 2 is 2.29 bits per heavy atom. The summed E-state index contributed by atoms with van der Waals surface area (Å²) in [6.07, 6.45) is 2.44. The molecule has 0 fully saturated rings. The molecule has 2 aromatic rings. The van der Waals surface area contributed by atoms with E-state index >= 15 is 0 Å². The summed E-state index contributed by atoms with van der Waals surface area (Å²) in [5.74, 6) is 0. The Hall–Kier alpha value is -0.840. The number of likely N-dealkylation sites (N-methyl/N-ethyl adjacent to an activating group) is 1. The molecule has 2 heterocycles. The van der Waals surface area contributed by atoms with Crippen molar-refractivity contribution in [2.45, 2.75) is 26.3 Å². The van der Waals surface area contributed by atoms with Crippen molar-refractivity contribution < 1.29 is 4.42 Å². The van der Waals surface area contributed by atoms with Gasteiger partial charge in [-0.15, -0.1) is 11.3 Å². The van der Waals surface area contributed by atoms with Crippen LogP contribution in [0.4, 0.5) is 0 Å². The molecule has 0 aliphatic carbocycles. The van der Waals surface area contributed by atoms with E-state index in [-0.39, 0.29) is 6.04 Å². The first kappa shape index (κ1) is 12.6. The number of aryl methyl sites for hydroxylation is 2. The fraction of sp³-hybridized carbons (Fsp3) is 0.417. The highest BCUT2D eigenvalue weighted by atomic mass is 35.5. The fourth-order valence-electron chi connectivity index (χ4n) is 1.72. The number of halogens is 1. The molecule has 0 bridgehead atoms. The number of rotatable bonds is 4. The summed E-state index contributed by atoms with van der Waals surface area (Å²) >= 11 is 7.73. The summed E-state index contributed by atoms with van der Waals surface area (Å²) in [4.78, 5) is 5.81. The zero-order valence-electron chi connectivity index (χ0n) is 10.1. The molecule has 0 saturated carbocycles. The number of aromatic nitrogens is 1. The summed E-state index contributed by atoms with van der Waals surface area (Å²) in [7, 11) is 1.92. The third kappa shape index (κ3) is 2.70. The summed E-state index contributed by atoms with van der Waals surface area (Å²) in [5, 5.41) is 4.82. The van der Waals surface area contributed by atoms with Crippen molar-refractivity contribution in [2.24, 2.45) is 0 Å². The maximum Gasteiger partial charge on any atom is 0.197 e. The molecule has 1 unspecified atom stereocenters. The minimum absolute atomic E-state index is 0.145. The lowest BCUT2D eigenvalue weighted by molar-refractivity contribution is 0.543. The zero-order chi connectivity index (χ0) is 12.4. The van der Waals surface area contributed by atoms with Crippen LogP contribution in [0.2, 0.25) is 5.22 Å². The number of hydrogen-bond donors (Lipinski definition) is 1. The summed E-state index contributed by atoms with van der Waals surface area (Å²) < 4.78 is 5.12. The van der Waals surface area contributed by atoms with Gasteiger partial charge in [0.1, 0.15) is 0 Å². The second-order valence-corrected chi connectivity index (χ2v) is 5.58.